The number of rotatable bonds is 5. The molecule has 0 radical (unpaired) electrons. The summed E-state index contributed by atoms with van der Waals surface area (Å²) in [5.74, 6) is 0. The van der Waals surface area contributed by atoms with Crippen LogP contribution in [0.1, 0.15) is 0 Å². The summed E-state index contributed by atoms with van der Waals surface area (Å²) < 4.78 is 2.63. The number of nitrogens with zero attached hydrogens (tertiary/aromatic N) is 1. The van der Waals surface area contributed by atoms with Gasteiger partial charge in [-0.15, -0.1) is 11.3 Å². The Bertz CT molecular complexity index is 2510. The van der Waals surface area contributed by atoms with Gasteiger partial charge in [0.25, 0.3) is 0 Å². The van der Waals surface area contributed by atoms with E-state index in [1.807, 2.05) is 11.3 Å². The lowest BCUT2D eigenvalue weighted by Gasteiger charge is -2.27. The molecular formula is C44H29NS. The van der Waals surface area contributed by atoms with Crippen LogP contribution in [0.4, 0.5) is 17.1 Å². The highest BCUT2D eigenvalue weighted by Gasteiger charge is 2.20. The molecule has 2 heteroatoms. The van der Waals surface area contributed by atoms with E-state index in [1.54, 1.807) is 0 Å². The largest absolute Gasteiger partial charge is 0.310 e. The summed E-state index contributed by atoms with van der Waals surface area (Å²) in [7, 11) is 0. The molecule has 8 aromatic carbocycles. The Morgan fingerprint density at radius 3 is 1.48 bits per heavy atom. The molecule has 216 valence electrons. The number of hydrogen-bond donors (Lipinski definition) is 0. The third kappa shape index (κ3) is 4.38. The van der Waals surface area contributed by atoms with Gasteiger partial charge in [0.15, 0.2) is 0 Å². The molecule has 0 aliphatic carbocycles. The van der Waals surface area contributed by atoms with Gasteiger partial charge >= 0.3 is 0 Å². The van der Waals surface area contributed by atoms with Crippen molar-refractivity contribution >= 4 is 70.1 Å². The quantitative estimate of drug-likeness (QED) is 0.177. The van der Waals surface area contributed by atoms with Gasteiger partial charge in [-0.3, -0.25) is 0 Å². The van der Waals surface area contributed by atoms with Crippen LogP contribution in [0.5, 0.6) is 0 Å². The van der Waals surface area contributed by atoms with Gasteiger partial charge in [0.05, 0.1) is 0 Å². The van der Waals surface area contributed by atoms with Crippen LogP contribution in [0.25, 0.3) is 64.0 Å². The Morgan fingerprint density at radius 1 is 0.304 bits per heavy atom. The molecule has 0 aliphatic rings. The Balaban J connectivity index is 1.37. The highest BCUT2D eigenvalue weighted by atomic mass is 32.1. The van der Waals surface area contributed by atoms with Gasteiger partial charge in [-0.25, -0.2) is 0 Å². The Labute approximate surface area is 272 Å². The number of hydrogen-bond acceptors (Lipinski definition) is 2. The Hall–Kier alpha value is -5.70. The summed E-state index contributed by atoms with van der Waals surface area (Å²) in [4.78, 5) is 2.40. The summed E-state index contributed by atoms with van der Waals surface area (Å²) in [6.45, 7) is 0. The van der Waals surface area contributed by atoms with Crippen LogP contribution in [0.15, 0.2) is 176 Å². The van der Waals surface area contributed by atoms with Crippen molar-refractivity contribution in [3.63, 3.8) is 0 Å². The third-order valence-electron chi connectivity index (χ3n) is 9.03. The van der Waals surface area contributed by atoms with Crippen LogP contribution in [0, 0.1) is 0 Å². The van der Waals surface area contributed by atoms with E-state index in [0.717, 1.165) is 17.1 Å². The average molecular weight is 604 g/mol. The predicted octanol–water partition coefficient (Wildman–Crippen LogP) is 13.2. The summed E-state index contributed by atoms with van der Waals surface area (Å²) in [6.07, 6.45) is 0. The zero-order valence-electron chi connectivity index (χ0n) is 25.1. The van der Waals surface area contributed by atoms with Crippen LogP contribution in [-0.2, 0) is 0 Å². The fraction of sp³-hybridized carbons (Fsp3) is 0. The third-order valence-corrected chi connectivity index (χ3v) is 10.2. The van der Waals surface area contributed by atoms with Crippen molar-refractivity contribution in [1.82, 2.24) is 0 Å². The van der Waals surface area contributed by atoms with Gasteiger partial charge in [-0.2, -0.15) is 0 Å². The van der Waals surface area contributed by atoms with Gasteiger partial charge in [-0.1, -0.05) is 127 Å². The van der Waals surface area contributed by atoms with Crippen molar-refractivity contribution in [2.45, 2.75) is 0 Å². The number of thiophene rings is 1. The van der Waals surface area contributed by atoms with E-state index in [2.05, 4.69) is 181 Å². The van der Waals surface area contributed by atoms with E-state index in [9.17, 15) is 0 Å². The van der Waals surface area contributed by atoms with E-state index in [0.29, 0.717) is 0 Å². The SMILES string of the molecule is c1ccc(-c2c(-c3ccccc3)c3cc(N(c4ccccc4)c4ccc5sc6ccccc6c5c4)ccc3c3ccccc23)cc1. The first-order valence-corrected chi connectivity index (χ1v) is 16.5. The second-order valence-corrected chi connectivity index (χ2v) is 12.8. The molecule has 0 amide bonds. The first kappa shape index (κ1) is 26.7. The fourth-order valence-electron chi connectivity index (χ4n) is 7.01. The standard InChI is InChI=1S/C44H29NS/c1-4-14-30(15-5-1)43-38-22-11-10-20-35(38)36-26-24-33(29-40(36)44(43)31-16-6-2-7-17-31)45(32-18-8-3-9-19-32)34-25-27-42-39(28-34)37-21-12-13-23-41(37)46-42/h1-29H. The summed E-state index contributed by atoms with van der Waals surface area (Å²) in [5.41, 5.74) is 8.37. The maximum Gasteiger partial charge on any atom is 0.0468 e. The Kier molecular flexibility index (Phi) is 6.40. The number of anilines is 3. The normalized spacial score (nSPS) is 11.5. The van der Waals surface area contributed by atoms with Crippen LogP contribution in [-0.4, -0.2) is 0 Å². The van der Waals surface area contributed by atoms with Crippen molar-refractivity contribution < 1.29 is 0 Å². The van der Waals surface area contributed by atoms with Crippen LogP contribution in [0.3, 0.4) is 0 Å². The molecule has 0 N–H and O–H groups in total. The maximum absolute atomic E-state index is 2.40. The van der Waals surface area contributed by atoms with Crippen molar-refractivity contribution in [3.05, 3.63) is 176 Å². The molecule has 1 nitrogen and oxygen atoms in total. The van der Waals surface area contributed by atoms with E-state index < -0.39 is 0 Å². The van der Waals surface area contributed by atoms with Crippen LogP contribution in [0.2, 0.25) is 0 Å². The minimum absolute atomic E-state index is 1.13. The molecule has 0 saturated carbocycles. The molecule has 0 aliphatic heterocycles. The smallest absolute Gasteiger partial charge is 0.0468 e. The van der Waals surface area contributed by atoms with Crippen LogP contribution < -0.4 is 4.90 Å². The lowest BCUT2D eigenvalue weighted by Crippen LogP contribution is -2.09. The lowest BCUT2D eigenvalue weighted by atomic mass is 9.85. The molecule has 1 heterocycles. The summed E-state index contributed by atoms with van der Waals surface area (Å²) in [6, 6.07) is 64.0. The van der Waals surface area contributed by atoms with Crippen molar-refractivity contribution in [2.24, 2.45) is 0 Å². The molecular weight excluding hydrogens is 575 g/mol. The first-order chi connectivity index (χ1) is 22.8. The van der Waals surface area contributed by atoms with Gasteiger partial charge < -0.3 is 4.90 Å². The second-order valence-electron chi connectivity index (χ2n) is 11.7. The molecule has 0 atom stereocenters. The monoisotopic (exact) mass is 603 g/mol. The minimum atomic E-state index is 1.13. The molecule has 9 rings (SSSR count). The zero-order chi connectivity index (χ0) is 30.5. The first-order valence-electron chi connectivity index (χ1n) is 15.7. The van der Waals surface area contributed by atoms with E-state index in [-0.39, 0.29) is 0 Å². The topological polar surface area (TPSA) is 3.24 Å². The molecule has 0 unspecified atom stereocenters. The molecule has 0 bridgehead atoms. The Morgan fingerprint density at radius 2 is 0.783 bits per heavy atom. The highest BCUT2D eigenvalue weighted by molar-refractivity contribution is 7.25. The van der Waals surface area contributed by atoms with Gasteiger partial charge in [0, 0.05) is 37.2 Å². The minimum Gasteiger partial charge on any atom is -0.310 e. The lowest BCUT2D eigenvalue weighted by molar-refractivity contribution is 1.30. The van der Waals surface area contributed by atoms with Crippen molar-refractivity contribution in [1.29, 1.82) is 0 Å². The van der Waals surface area contributed by atoms with Gasteiger partial charge in [-0.05, 0) is 92.3 Å². The molecule has 46 heavy (non-hydrogen) atoms. The molecule has 9 aromatic rings. The molecule has 0 saturated heterocycles. The fourth-order valence-corrected chi connectivity index (χ4v) is 8.09. The van der Waals surface area contributed by atoms with Crippen molar-refractivity contribution in [2.75, 3.05) is 4.90 Å². The van der Waals surface area contributed by atoms with E-state index >= 15 is 0 Å². The molecule has 0 fully saturated rings. The van der Waals surface area contributed by atoms with Gasteiger partial charge in [0.1, 0.15) is 0 Å². The van der Waals surface area contributed by atoms with Crippen molar-refractivity contribution in [3.8, 4) is 22.3 Å². The van der Waals surface area contributed by atoms with E-state index in [4.69, 9.17) is 0 Å². The number of fused-ring (bicyclic) bond motifs is 6. The highest BCUT2D eigenvalue weighted by Crippen LogP contribution is 2.47. The van der Waals surface area contributed by atoms with Gasteiger partial charge in [0.2, 0.25) is 0 Å². The summed E-state index contributed by atoms with van der Waals surface area (Å²) in [5, 5.41) is 7.63. The number of para-hydroxylation sites is 1. The molecule has 0 spiro atoms. The molecule has 1 aromatic heterocycles. The zero-order valence-corrected chi connectivity index (χ0v) is 25.9. The van der Waals surface area contributed by atoms with E-state index in [1.165, 1.54) is 64.0 Å². The maximum atomic E-state index is 2.40. The predicted molar refractivity (Wildman–Crippen MR) is 200 cm³/mol. The number of benzene rings is 8. The average Bonchev–Trinajstić information content (AvgIpc) is 3.50. The summed E-state index contributed by atoms with van der Waals surface area (Å²) >= 11 is 1.86. The van der Waals surface area contributed by atoms with Crippen LogP contribution >= 0.6 is 11.3 Å². The second kappa shape index (κ2) is 11.0.